The Balaban J connectivity index is 2.49. The van der Waals surface area contributed by atoms with E-state index in [9.17, 15) is 0 Å². The zero-order valence-corrected chi connectivity index (χ0v) is 11.6. The van der Waals surface area contributed by atoms with Crippen molar-refractivity contribution in [1.82, 2.24) is 0 Å². The summed E-state index contributed by atoms with van der Waals surface area (Å²) in [5.74, 6) is 5.94. The van der Waals surface area contributed by atoms with Crippen LogP contribution < -0.4 is 0 Å². The molecule has 1 heterocycles. The molecule has 17 heavy (non-hydrogen) atoms. The number of thiophene rings is 1. The Kier molecular flexibility index (Phi) is 5.70. The zero-order valence-electron chi connectivity index (χ0n) is 10.7. The van der Waals surface area contributed by atoms with Crippen LogP contribution in [0.3, 0.4) is 0 Å². The van der Waals surface area contributed by atoms with Crippen molar-refractivity contribution in [2.45, 2.75) is 45.8 Å². The average Bonchev–Trinajstić information content (AvgIpc) is 2.75. The lowest BCUT2D eigenvalue weighted by atomic mass is 10.1. The van der Waals surface area contributed by atoms with Gasteiger partial charge in [-0.1, -0.05) is 18.8 Å². The van der Waals surface area contributed by atoms with E-state index in [0.29, 0.717) is 13.0 Å². The monoisotopic (exact) mass is 252 g/mol. The molecule has 1 aromatic heterocycles. The molecule has 0 atom stereocenters. The third-order valence-corrected chi connectivity index (χ3v) is 3.49. The van der Waals surface area contributed by atoms with E-state index in [1.807, 2.05) is 5.38 Å². The van der Waals surface area contributed by atoms with Crippen LogP contribution in [0.2, 0.25) is 0 Å². The molecule has 94 valence electrons. The first-order valence-electron chi connectivity index (χ1n) is 5.88. The molecule has 0 unspecified atom stereocenters. The van der Waals surface area contributed by atoms with E-state index in [4.69, 9.17) is 9.84 Å². The molecule has 0 amide bonds. The van der Waals surface area contributed by atoms with Gasteiger partial charge in [0.25, 0.3) is 0 Å². The van der Waals surface area contributed by atoms with Crippen LogP contribution in [0.1, 0.15) is 44.1 Å². The molecule has 0 aliphatic rings. The van der Waals surface area contributed by atoms with Gasteiger partial charge in [0, 0.05) is 22.2 Å². The lowest BCUT2D eigenvalue weighted by molar-refractivity contribution is -0.0304. The van der Waals surface area contributed by atoms with Crippen LogP contribution in [-0.2, 0) is 11.3 Å². The summed E-state index contributed by atoms with van der Waals surface area (Å²) in [6, 6.07) is 2.06. The highest BCUT2D eigenvalue weighted by atomic mass is 32.1. The third-order valence-electron chi connectivity index (χ3n) is 2.58. The van der Waals surface area contributed by atoms with Gasteiger partial charge in [-0.15, -0.1) is 11.3 Å². The Hall–Kier alpha value is -0.820. The highest BCUT2D eigenvalue weighted by Gasteiger charge is 2.15. The van der Waals surface area contributed by atoms with E-state index in [-0.39, 0.29) is 12.2 Å². The molecule has 0 aliphatic heterocycles. The van der Waals surface area contributed by atoms with Crippen LogP contribution >= 0.6 is 11.3 Å². The molecular formula is C14H20O2S. The Labute approximate surface area is 108 Å². The average molecular weight is 252 g/mol. The Morgan fingerprint density at radius 2 is 2.24 bits per heavy atom. The van der Waals surface area contributed by atoms with Gasteiger partial charge in [-0.05, 0) is 26.3 Å². The van der Waals surface area contributed by atoms with E-state index in [2.05, 4.69) is 38.7 Å². The fourth-order valence-corrected chi connectivity index (χ4v) is 1.84. The molecule has 0 radical (unpaired) electrons. The third kappa shape index (κ3) is 5.36. The van der Waals surface area contributed by atoms with Crippen LogP contribution in [0.25, 0.3) is 0 Å². The van der Waals surface area contributed by atoms with Crippen LogP contribution in [0.15, 0.2) is 11.4 Å². The number of hydrogen-bond donors (Lipinski definition) is 1. The van der Waals surface area contributed by atoms with Gasteiger partial charge in [0.15, 0.2) is 0 Å². The van der Waals surface area contributed by atoms with E-state index in [0.717, 1.165) is 12.0 Å². The molecule has 2 nitrogen and oxygen atoms in total. The molecule has 0 saturated carbocycles. The summed E-state index contributed by atoms with van der Waals surface area (Å²) in [6.07, 6.45) is 1.53. The van der Waals surface area contributed by atoms with Crippen molar-refractivity contribution in [3.63, 3.8) is 0 Å². The first-order chi connectivity index (χ1) is 8.07. The van der Waals surface area contributed by atoms with Crippen LogP contribution in [0.4, 0.5) is 0 Å². The van der Waals surface area contributed by atoms with Crippen molar-refractivity contribution in [2.75, 3.05) is 6.61 Å². The maximum Gasteiger partial charge on any atom is 0.0817 e. The van der Waals surface area contributed by atoms with Crippen LogP contribution in [0, 0.1) is 11.8 Å². The molecular weight excluding hydrogens is 232 g/mol. The van der Waals surface area contributed by atoms with Crippen molar-refractivity contribution >= 4 is 11.3 Å². The summed E-state index contributed by atoms with van der Waals surface area (Å²) in [5, 5.41) is 10.7. The summed E-state index contributed by atoms with van der Waals surface area (Å²) in [4.78, 5) is 1.19. The van der Waals surface area contributed by atoms with Gasteiger partial charge < -0.3 is 9.84 Å². The maximum atomic E-state index is 8.63. The van der Waals surface area contributed by atoms with Crippen molar-refractivity contribution in [1.29, 1.82) is 0 Å². The first-order valence-corrected chi connectivity index (χ1v) is 6.76. The molecule has 1 aromatic rings. The largest absolute Gasteiger partial charge is 0.395 e. The fraction of sp³-hybridized carbons (Fsp3) is 0.571. The number of hydrogen-bond acceptors (Lipinski definition) is 3. The van der Waals surface area contributed by atoms with E-state index in [1.165, 1.54) is 4.88 Å². The van der Waals surface area contributed by atoms with E-state index < -0.39 is 0 Å². The molecule has 0 spiro atoms. The van der Waals surface area contributed by atoms with Gasteiger partial charge in [-0.3, -0.25) is 0 Å². The molecule has 0 fully saturated rings. The van der Waals surface area contributed by atoms with Crippen molar-refractivity contribution in [2.24, 2.45) is 0 Å². The van der Waals surface area contributed by atoms with Gasteiger partial charge >= 0.3 is 0 Å². The number of rotatable bonds is 5. The standard InChI is InChI=1S/C14H20O2S/c1-4-14(2,3)16-10-13-9-12(11-17-13)7-5-6-8-15/h9,11,15H,4,6,8,10H2,1-3H3. The Morgan fingerprint density at radius 1 is 1.47 bits per heavy atom. The van der Waals surface area contributed by atoms with Gasteiger partial charge in [0.2, 0.25) is 0 Å². The normalized spacial score (nSPS) is 11.1. The van der Waals surface area contributed by atoms with Crippen molar-refractivity contribution < 1.29 is 9.84 Å². The van der Waals surface area contributed by atoms with Gasteiger partial charge in [-0.2, -0.15) is 0 Å². The van der Waals surface area contributed by atoms with Crippen molar-refractivity contribution in [3.8, 4) is 11.8 Å². The Morgan fingerprint density at radius 3 is 2.88 bits per heavy atom. The number of ether oxygens (including phenoxy) is 1. The lowest BCUT2D eigenvalue weighted by Crippen LogP contribution is -2.22. The van der Waals surface area contributed by atoms with Gasteiger partial charge in [0.1, 0.15) is 0 Å². The summed E-state index contributed by atoms with van der Waals surface area (Å²) in [7, 11) is 0. The van der Waals surface area contributed by atoms with Gasteiger partial charge in [-0.25, -0.2) is 0 Å². The molecule has 1 N–H and O–H groups in total. The minimum atomic E-state index is -0.0628. The summed E-state index contributed by atoms with van der Waals surface area (Å²) >= 11 is 1.67. The minimum absolute atomic E-state index is 0.0628. The van der Waals surface area contributed by atoms with Crippen LogP contribution in [0.5, 0.6) is 0 Å². The molecule has 0 aliphatic carbocycles. The summed E-state index contributed by atoms with van der Waals surface area (Å²) < 4.78 is 5.83. The minimum Gasteiger partial charge on any atom is -0.395 e. The molecule has 0 aromatic carbocycles. The molecule has 0 saturated heterocycles. The SMILES string of the molecule is CCC(C)(C)OCc1cc(C#CCCO)cs1. The highest BCUT2D eigenvalue weighted by Crippen LogP contribution is 2.20. The van der Waals surface area contributed by atoms with Gasteiger partial charge in [0.05, 0.1) is 18.8 Å². The molecule has 0 bridgehead atoms. The van der Waals surface area contributed by atoms with Crippen molar-refractivity contribution in [3.05, 3.63) is 21.9 Å². The quantitative estimate of drug-likeness (QED) is 0.816. The fourth-order valence-electron chi connectivity index (χ4n) is 1.11. The second-order valence-electron chi connectivity index (χ2n) is 4.48. The molecule has 1 rings (SSSR count). The second-order valence-corrected chi connectivity index (χ2v) is 5.47. The second kappa shape index (κ2) is 6.80. The number of aliphatic hydroxyl groups is 1. The van der Waals surface area contributed by atoms with E-state index in [1.54, 1.807) is 11.3 Å². The predicted molar refractivity (Wildman–Crippen MR) is 72.1 cm³/mol. The van der Waals surface area contributed by atoms with Crippen LogP contribution in [-0.4, -0.2) is 17.3 Å². The lowest BCUT2D eigenvalue weighted by Gasteiger charge is -2.22. The number of aliphatic hydroxyl groups excluding tert-OH is 1. The predicted octanol–water partition coefficient (Wildman–Crippen LogP) is 3.19. The van der Waals surface area contributed by atoms with E-state index >= 15 is 0 Å². The topological polar surface area (TPSA) is 29.5 Å². The Bertz CT molecular complexity index is 396. The summed E-state index contributed by atoms with van der Waals surface area (Å²) in [5.41, 5.74) is 0.948. The highest BCUT2D eigenvalue weighted by molar-refractivity contribution is 7.10. The zero-order chi connectivity index (χ0) is 12.7. The molecule has 3 heteroatoms. The maximum absolute atomic E-state index is 8.63. The summed E-state index contributed by atoms with van der Waals surface area (Å²) in [6.45, 7) is 7.09. The first kappa shape index (κ1) is 14.2. The smallest absolute Gasteiger partial charge is 0.0817 e.